The third-order valence-electron chi connectivity index (χ3n) is 4.49. The predicted octanol–water partition coefficient (Wildman–Crippen LogP) is 6.41. The maximum atomic E-state index is 12.4. The average Bonchev–Trinajstić information content (AvgIpc) is 3.16. The Morgan fingerprint density at radius 1 is 1.10 bits per heavy atom. The van der Waals surface area contributed by atoms with E-state index in [9.17, 15) is 9.90 Å². The van der Waals surface area contributed by atoms with E-state index in [4.69, 9.17) is 35.4 Å². The van der Waals surface area contributed by atoms with Gasteiger partial charge in [-0.15, -0.1) is 11.3 Å². The van der Waals surface area contributed by atoms with Crippen molar-refractivity contribution in [3.05, 3.63) is 75.8 Å². The first kappa shape index (κ1) is 21.5. The van der Waals surface area contributed by atoms with E-state index in [1.165, 1.54) is 17.4 Å². The number of thiocarbonyl (C=S) groups is 1. The van der Waals surface area contributed by atoms with Gasteiger partial charge in [0, 0.05) is 11.3 Å². The number of aromatic nitrogens is 1. The van der Waals surface area contributed by atoms with E-state index in [0.717, 1.165) is 10.2 Å². The van der Waals surface area contributed by atoms with Gasteiger partial charge in [-0.05, 0) is 67.2 Å². The lowest BCUT2D eigenvalue weighted by Gasteiger charge is -2.13. The highest BCUT2D eigenvalue weighted by Gasteiger charge is 2.15. The Bertz CT molecular complexity index is 1300. The highest BCUT2D eigenvalue weighted by Crippen LogP contribution is 2.38. The van der Waals surface area contributed by atoms with E-state index in [1.54, 1.807) is 31.2 Å². The average molecular weight is 488 g/mol. The summed E-state index contributed by atoms with van der Waals surface area (Å²) >= 11 is 18.6. The molecule has 0 aliphatic carbocycles. The summed E-state index contributed by atoms with van der Waals surface area (Å²) in [5.74, 6) is -0.270. The van der Waals surface area contributed by atoms with Crippen LogP contribution >= 0.6 is 46.8 Å². The second-order valence-electron chi connectivity index (χ2n) is 6.71. The largest absolute Gasteiger partial charge is 0.507 e. The summed E-state index contributed by atoms with van der Waals surface area (Å²) in [4.78, 5) is 17.0. The van der Waals surface area contributed by atoms with Gasteiger partial charge in [0.1, 0.15) is 10.8 Å². The molecule has 1 heterocycles. The predicted molar refractivity (Wildman–Crippen MR) is 132 cm³/mol. The molecule has 5 nitrogen and oxygen atoms in total. The van der Waals surface area contributed by atoms with E-state index in [2.05, 4.69) is 15.6 Å². The van der Waals surface area contributed by atoms with Crippen molar-refractivity contribution in [1.82, 2.24) is 10.3 Å². The minimum absolute atomic E-state index is 0.108. The van der Waals surface area contributed by atoms with Crippen LogP contribution in [0.25, 0.3) is 20.8 Å². The van der Waals surface area contributed by atoms with Gasteiger partial charge in [0.2, 0.25) is 0 Å². The Kier molecular flexibility index (Phi) is 6.11. The van der Waals surface area contributed by atoms with E-state index in [0.29, 0.717) is 32.4 Å². The fourth-order valence-corrected chi connectivity index (χ4v) is 4.47. The molecule has 0 saturated heterocycles. The number of anilines is 1. The minimum Gasteiger partial charge on any atom is -0.507 e. The van der Waals surface area contributed by atoms with Crippen molar-refractivity contribution < 1.29 is 9.90 Å². The van der Waals surface area contributed by atoms with Gasteiger partial charge in [-0.3, -0.25) is 10.1 Å². The number of aromatic hydroxyl groups is 1. The van der Waals surface area contributed by atoms with Crippen LogP contribution in [0.15, 0.2) is 54.6 Å². The number of nitrogens with zero attached hydrogens (tertiary/aromatic N) is 1. The van der Waals surface area contributed by atoms with E-state index in [1.807, 2.05) is 24.3 Å². The SMILES string of the molecule is Cc1cc(NC(=S)NC(=O)c2ccc(Cl)c(Cl)c2)cc(-c2nc3ccccc3s2)c1O. The first-order valence-corrected chi connectivity index (χ1v) is 11.1. The summed E-state index contributed by atoms with van der Waals surface area (Å²) in [6.07, 6.45) is 0. The highest BCUT2D eigenvalue weighted by atomic mass is 35.5. The van der Waals surface area contributed by atoms with Gasteiger partial charge in [-0.1, -0.05) is 35.3 Å². The molecule has 0 bridgehead atoms. The zero-order chi connectivity index (χ0) is 22.1. The number of phenolic OH excluding ortho intramolecular Hbond substituents is 1. The van der Waals surface area contributed by atoms with Crippen LogP contribution in [0.1, 0.15) is 15.9 Å². The molecule has 0 fully saturated rings. The van der Waals surface area contributed by atoms with E-state index < -0.39 is 5.91 Å². The molecule has 0 saturated carbocycles. The van der Waals surface area contributed by atoms with Gasteiger partial charge in [0.15, 0.2) is 5.11 Å². The van der Waals surface area contributed by atoms with Crippen molar-refractivity contribution >= 4 is 73.7 Å². The molecule has 0 aliphatic rings. The smallest absolute Gasteiger partial charge is 0.257 e. The van der Waals surface area contributed by atoms with Crippen LogP contribution in [0, 0.1) is 6.92 Å². The van der Waals surface area contributed by atoms with Crippen LogP contribution in [-0.4, -0.2) is 21.1 Å². The van der Waals surface area contributed by atoms with Crippen molar-refractivity contribution in [2.24, 2.45) is 0 Å². The summed E-state index contributed by atoms with van der Waals surface area (Å²) < 4.78 is 1.03. The summed E-state index contributed by atoms with van der Waals surface area (Å²) in [6.45, 7) is 1.79. The first-order chi connectivity index (χ1) is 14.8. The molecule has 1 aromatic heterocycles. The lowest BCUT2D eigenvalue weighted by atomic mass is 10.1. The number of rotatable bonds is 3. The molecule has 156 valence electrons. The number of amides is 1. The number of carbonyl (C=O) groups excluding carboxylic acids is 1. The van der Waals surface area contributed by atoms with Crippen LogP contribution < -0.4 is 10.6 Å². The Morgan fingerprint density at radius 2 is 1.87 bits per heavy atom. The maximum Gasteiger partial charge on any atom is 0.257 e. The Hall–Kier alpha value is -2.71. The van der Waals surface area contributed by atoms with Gasteiger partial charge >= 0.3 is 0 Å². The molecule has 0 unspecified atom stereocenters. The molecule has 0 aliphatic heterocycles. The molecular formula is C22H15Cl2N3O2S2. The number of halogens is 2. The topological polar surface area (TPSA) is 74.2 Å². The zero-order valence-electron chi connectivity index (χ0n) is 16.1. The van der Waals surface area contributed by atoms with Crippen LogP contribution in [0.3, 0.4) is 0 Å². The van der Waals surface area contributed by atoms with Gasteiger partial charge in [0.25, 0.3) is 5.91 Å². The summed E-state index contributed by atoms with van der Waals surface area (Å²) in [5, 5.41) is 17.6. The molecule has 0 radical (unpaired) electrons. The second-order valence-corrected chi connectivity index (χ2v) is 8.97. The molecule has 3 N–H and O–H groups in total. The van der Waals surface area contributed by atoms with Crippen molar-refractivity contribution in [3.63, 3.8) is 0 Å². The van der Waals surface area contributed by atoms with Crippen LogP contribution in [0.5, 0.6) is 5.75 Å². The van der Waals surface area contributed by atoms with Crippen LogP contribution in [0.4, 0.5) is 5.69 Å². The standard InChI is InChI=1S/C22H15Cl2N3O2S2/c1-11-8-13(25-22(30)27-20(29)12-6-7-15(23)16(24)9-12)10-14(19(11)28)21-26-17-4-2-3-5-18(17)31-21/h2-10,28H,1H3,(H2,25,27,29,30). The lowest BCUT2D eigenvalue weighted by Crippen LogP contribution is -2.34. The maximum absolute atomic E-state index is 12.4. The summed E-state index contributed by atoms with van der Waals surface area (Å²) in [6, 6.07) is 15.8. The monoisotopic (exact) mass is 487 g/mol. The number of nitrogens with one attached hydrogen (secondary N) is 2. The van der Waals surface area contributed by atoms with Gasteiger partial charge in [-0.25, -0.2) is 4.98 Å². The fraction of sp³-hybridized carbons (Fsp3) is 0.0455. The molecule has 0 atom stereocenters. The van der Waals surface area contributed by atoms with Gasteiger partial charge < -0.3 is 10.4 Å². The van der Waals surface area contributed by atoms with Gasteiger partial charge in [-0.2, -0.15) is 0 Å². The molecule has 3 aromatic carbocycles. The van der Waals surface area contributed by atoms with E-state index >= 15 is 0 Å². The number of hydrogen-bond acceptors (Lipinski definition) is 5. The fourth-order valence-electron chi connectivity index (χ4n) is 2.98. The normalized spacial score (nSPS) is 10.8. The molecule has 31 heavy (non-hydrogen) atoms. The van der Waals surface area contributed by atoms with Crippen molar-refractivity contribution in [3.8, 4) is 16.3 Å². The lowest BCUT2D eigenvalue weighted by molar-refractivity contribution is 0.0977. The number of hydrogen-bond donors (Lipinski definition) is 3. The minimum atomic E-state index is -0.419. The Balaban J connectivity index is 1.56. The number of aryl methyl sites for hydroxylation is 1. The van der Waals surface area contributed by atoms with Crippen molar-refractivity contribution in [2.75, 3.05) is 5.32 Å². The zero-order valence-corrected chi connectivity index (χ0v) is 19.2. The number of thiazole rings is 1. The van der Waals surface area contributed by atoms with Gasteiger partial charge in [0.05, 0.1) is 25.8 Å². The molecule has 9 heteroatoms. The van der Waals surface area contributed by atoms with Crippen LogP contribution in [-0.2, 0) is 0 Å². The number of fused-ring (bicyclic) bond motifs is 1. The number of phenols is 1. The molecule has 1 amide bonds. The third kappa shape index (κ3) is 4.65. The number of para-hydroxylation sites is 1. The molecule has 4 aromatic rings. The summed E-state index contributed by atoms with van der Waals surface area (Å²) in [7, 11) is 0. The number of benzene rings is 3. The van der Waals surface area contributed by atoms with E-state index in [-0.39, 0.29) is 15.9 Å². The first-order valence-electron chi connectivity index (χ1n) is 9.09. The van der Waals surface area contributed by atoms with Crippen LogP contribution in [0.2, 0.25) is 10.0 Å². The molecule has 0 spiro atoms. The molecular weight excluding hydrogens is 473 g/mol. The molecule has 4 rings (SSSR count). The number of carbonyl (C=O) groups is 1. The highest BCUT2D eigenvalue weighted by molar-refractivity contribution is 7.80. The Morgan fingerprint density at radius 3 is 2.61 bits per heavy atom. The second kappa shape index (κ2) is 8.80. The summed E-state index contributed by atoms with van der Waals surface area (Å²) in [5.41, 5.74) is 3.04. The third-order valence-corrected chi connectivity index (χ3v) is 6.50. The van der Waals surface area contributed by atoms with Crippen molar-refractivity contribution in [2.45, 2.75) is 6.92 Å². The van der Waals surface area contributed by atoms with Crippen molar-refractivity contribution in [1.29, 1.82) is 0 Å². The Labute approximate surface area is 197 Å². The quantitative estimate of drug-likeness (QED) is 0.230.